The van der Waals surface area contributed by atoms with Crippen LogP contribution in [0.5, 0.6) is 0 Å². The number of aromatic amines is 1. The molecule has 0 amide bonds. The highest BCUT2D eigenvalue weighted by atomic mass is 35.5. The van der Waals surface area contributed by atoms with Gasteiger partial charge in [0, 0.05) is 6.54 Å². The zero-order valence-electron chi connectivity index (χ0n) is 10.9. The van der Waals surface area contributed by atoms with Crippen molar-refractivity contribution in [2.24, 2.45) is 0 Å². The van der Waals surface area contributed by atoms with Gasteiger partial charge in [-0.05, 0) is 37.1 Å². The van der Waals surface area contributed by atoms with E-state index in [9.17, 15) is 4.39 Å². The van der Waals surface area contributed by atoms with Gasteiger partial charge in [0.15, 0.2) is 5.82 Å². The number of hydrogen-bond donors (Lipinski definition) is 1. The van der Waals surface area contributed by atoms with Crippen LogP contribution in [0.15, 0.2) is 18.2 Å². The SMILES string of the molecule is Fc1ccc(CN2CCCCC2c2nn[nH]n2)cc1Cl. The van der Waals surface area contributed by atoms with Crippen LogP contribution < -0.4 is 0 Å². The molecule has 0 spiro atoms. The molecule has 1 aliphatic rings. The number of likely N-dealkylation sites (tertiary alicyclic amines) is 1. The topological polar surface area (TPSA) is 57.7 Å². The second kappa shape index (κ2) is 5.85. The minimum absolute atomic E-state index is 0.159. The predicted octanol–water partition coefficient (Wildman–Crippen LogP) is 2.72. The molecule has 0 radical (unpaired) electrons. The second-order valence-electron chi connectivity index (χ2n) is 5.00. The van der Waals surface area contributed by atoms with Gasteiger partial charge < -0.3 is 0 Å². The first-order valence-corrected chi connectivity index (χ1v) is 7.03. The third kappa shape index (κ3) is 2.81. The van der Waals surface area contributed by atoms with Crippen LogP contribution in [0.1, 0.15) is 36.7 Å². The fourth-order valence-electron chi connectivity index (χ4n) is 2.66. The van der Waals surface area contributed by atoms with Crippen LogP contribution in [0, 0.1) is 5.82 Å². The van der Waals surface area contributed by atoms with Gasteiger partial charge in [-0.25, -0.2) is 4.39 Å². The van der Waals surface area contributed by atoms with Gasteiger partial charge in [0.25, 0.3) is 0 Å². The fourth-order valence-corrected chi connectivity index (χ4v) is 2.86. The molecule has 1 unspecified atom stereocenters. The minimum Gasteiger partial charge on any atom is -0.289 e. The number of rotatable bonds is 3. The fraction of sp³-hybridized carbons (Fsp3) is 0.462. The highest BCUT2D eigenvalue weighted by molar-refractivity contribution is 6.30. The summed E-state index contributed by atoms with van der Waals surface area (Å²) in [5.74, 6) is 0.335. The lowest BCUT2D eigenvalue weighted by Gasteiger charge is -2.33. The van der Waals surface area contributed by atoms with Crippen LogP contribution in [0.3, 0.4) is 0 Å². The number of piperidine rings is 1. The third-order valence-corrected chi connectivity index (χ3v) is 3.93. The molecule has 1 N–H and O–H groups in total. The van der Waals surface area contributed by atoms with Crippen molar-refractivity contribution in [2.45, 2.75) is 31.8 Å². The number of benzene rings is 1. The van der Waals surface area contributed by atoms with Gasteiger partial charge in [-0.2, -0.15) is 5.21 Å². The summed E-state index contributed by atoms with van der Waals surface area (Å²) < 4.78 is 13.2. The van der Waals surface area contributed by atoms with Gasteiger partial charge in [0.05, 0.1) is 11.1 Å². The normalized spacial score (nSPS) is 20.2. The molecule has 20 heavy (non-hydrogen) atoms. The van der Waals surface area contributed by atoms with E-state index in [-0.39, 0.29) is 16.9 Å². The summed E-state index contributed by atoms with van der Waals surface area (Å²) in [5.41, 5.74) is 0.992. The summed E-state index contributed by atoms with van der Waals surface area (Å²) in [6, 6.07) is 5.01. The van der Waals surface area contributed by atoms with Gasteiger partial charge >= 0.3 is 0 Å². The van der Waals surface area contributed by atoms with E-state index >= 15 is 0 Å². The lowest BCUT2D eigenvalue weighted by molar-refractivity contribution is 0.134. The van der Waals surface area contributed by atoms with Crippen LogP contribution in [0.25, 0.3) is 0 Å². The predicted molar refractivity (Wildman–Crippen MR) is 72.6 cm³/mol. The van der Waals surface area contributed by atoms with Crippen molar-refractivity contribution in [2.75, 3.05) is 6.54 Å². The molecule has 7 heteroatoms. The van der Waals surface area contributed by atoms with E-state index in [4.69, 9.17) is 11.6 Å². The number of halogens is 2. The average Bonchev–Trinajstić information content (AvgIpc) is 2.97. The maximum absolute atomic E-state index is 13.2. The Morgan fingerprint density at radius 1 is 1.40 bits per heavy atom. The highest BCUT2D eigenvalue weighted by Gasteiger charge is 2.27. The monoisotopic (exact) mass is 295 g/mol. The maximum atomic E-state index is 13.2. The second-order valence-corrected chi connectivity index (χ2v) is 5.41. The molecule has 5 nitrogen and oxygen atoms in total. The van der Waals surface area contributed by atoms with Gasteiger partial charge in [0.1, 0.15) is 5.82 Å². The summed E-state index contributed by atoms with van der Waals surface area (Å²) in [7, 11) is 0. The van der Waals surface area contributed by atoms with Crippen molar-refractivity contribution >= 4 is 11.6 Å². The van der Waals surface area contributed by atoms with Crippen LogP contribution >= 0.6 is 11.6 Å². The molecule has 3 rings (SSSR count). The third-order valence-electron chi connectivity index (χ3n) is 3.64. The number of H-pyrrole nitrogens is 1. The molecule has 1 aromatic heterocycles. The van der Waals surface area contributed by atoms with E-state index in [2.05, 4.69) is 25.5 Å². The number of nitrogens with zero attached hydrogens (tertiary/aromatic N) is 4. The Morgan fingerprint density at radius 3 is 3.05 bits per heavy atom. The van der Waals surface area contributed by atoms with Crippen LogP contribution in [0.4, 0.5) is 4.39 Å². The molecular formula is C13H15ClFN5. The summed E-state index contributed by atoms with van der Waals surface area (Å²) >= 11 is 5.83. The molecule has 2 aromatic rings. The Morgan fingerprint density at radius 2 is 2.30 bits per heavy atom. The van der Waals surface area contributed by atoms with E-state index in [1.54, 1.807) is 12.1 Å². The first-order valence-electron chi connectivity index (χ1n) is 6.65. The molecule has 1 atom stereocenters. The van der Waals surface area contributed by atoms with E-state index in [1.807, 2.05) is 0 Å². The van der Waals surface area contributed by atoms with E-state index in [0.717, 1.165) is 37.2 Å². The molecule has 1 aromatic carbocycles. The molecule has 1 fully saturated rings. The Bertz CT molecular complexity index is 574. The van der Waals surface area contributed by atoms with E-state index in [1.165, 1.54) is 6.07 Å². The van der Waals surface area contributed by atoms with Crippen molar-refractivity contribution < 1.29 is 4.39 Å². The standard InChI is InChI=1S/C13H15ClFN5/c14-10-7-9(4-5-11(10)15)8-20-6-2-1-3-12(20)13-16-18-19-17-13/h4-5,7,12H,1-3,6,8H2,(H,16,17,18,19). The first kappa shape index (κ1) is 13.5. The lowest BCUT2D eigenvalue weighted by Crippen LogP contribution is -2.33. The Hall–Kier alpha value is -1.53. The van der Waals surface area contributed by atoms with Crippen LogP contribution in [0.2, 0.25) is 5.02 Å². The molecule has 2 heterocycles. The first-order chi connectivity index (χ1) is 9.74. The summed E-state index contributed by atoms with van der Waals surface area (Å²) in [6.07, 6.45) is 3.30. The molecule has 0 aliphatic carbocycles. The maximum Gasteiger partial charge on any atom is 0.191 e. The van der Waals surface area contributed by atoms with Crippen LogP contribution in [-0.4, -0.2) is 32.1 Å². The van der Waals surface area contributed by atoms with Crippen molar-refractivity contribution in [3.63, 3.8) is 0 Å². The largest absolute Gasteiger partial charge is 0.289 e. The molecule has 106 valence electrons. The average molecular weight is 296 g/mol. The van der Waals surface area contributed by atoms with Crippen molar-refractivity contribution in [1.29, 1.82) is 0 Å². The minimum atomic E-state index is -0.385. The zero-order chi connectivity index (χ0) is 13.9. The quantitative estimate of drug-likeness (QED) is 0.946. The number of hydrogen-bond acceptors (Lipinski definition) is 4. The smallest absolute Gasteiger partial charge is 0.191 e. The molecule has 0 bridgehead atoms. The summed E-state index contributed by atoms with van der Waals surface area (Å²) in [4.78, 5) is 2.29. The van der Waals surface area contributed by atoms with Crippen molar-refractivity contribution in [1.82, 2.24) is 25.5 Å². The number of tetrazole rings is 1. The van der Waals surface area contributed by atoms with Gasteiger partial charge in [0.2, 0.25) is 0 Å². The Labute approximate surface area is 121 Å². The lowest BCUT2D eigenvalue weighted by atomic mass is 10.0. The molecule has 1 aliphatic heterocycles. The molecule has 1 saturated heterocycles. The zero-order valence-corrected chi connectivity index (χ0v) is 11.6. The van der Waals surface area contributed by atoms with Crippen LogP contribution in [-0.2, 0) is 6.54 Å². The van der Waals surface area contributed by atoms with E-state index in [0.29, 0.717) is 6.54 Å². The Balaban J connectivity index is 1.78. The summed E-state index contributed by atoms with van der Waals surface area (Å²) in [6.45, 7) is 1.67. The summed E-state index contributed by atoms with van der Waals surface area (Å²) in [5, 5.41) is 14.5. The van der Waals surface area contributed by atoms with Gasteiger partial charge in [-0.15, -0.1) is 10.2 Å². The number of aromatic nitrogens is 4. The molecular weight excluding hydrogens is 281 g/mol. The van der Waals surface area contributed by atoms with E-state index < -0.39 is 0 Å². The van der Waals surface area contributed by atoms with Crippen molar-refractivity contribution in [3.8, 4) is 0 Å². The van der Waals surface area contributed by atoms with Crippen molar-refractivity contribution in [3.05, 3.63) is 40.4 Å². The Kier molecular flexibility index (Phi) is 3.93. The molecule has 0 saturated carbocycles. The van der Waals surface area contributed by atoms with Gasteiger partial charge in [-0.1, -0.05) is 29.3 Å². The van der Waals surface area contributed by atoms with Gasteiger partial charge in [-0.3, -0.25) is 4.90 Å². The number of nitrogens with one attached hydrogen (secondary N) is 1. The highest BCUT2D eigenvalue weighted by Crippen LogP contribution is 2.30.